The summed E-state index contributed by atoms with van der Waals surface area (Å²) in [6.07, 6.45) is -0.521. The van der Waals surface area contributed by atoms with Crippen LogP contribution < -0.4 is 9.47 Å². The predicted octanol–water partition coefficient (Wildman–Crippen LogP) is 3.17. The Kier molecular flexibility index (Phi) is 6.70. The summed E-state index contributed by atoms with van der Waals surface area (Å²) >= 11 is 0. The minimum Gasteiger partial charge on any atom is -0.497 e. The standard InChI is InChI=1S/C24H28N4O4/c1-17-4-8-21(9-5-17)31-18(2)24(29)28-14-12-27(13-15-28)16-22-25-23(26-32-22)19-6-10-20(30-3)11-7-19/h4-11,18H,12-16H2,1-3H3. The average Bonchev–Trinajstić information content (AvgIpc) is 3.29. The molecule has 0 bridgehead atoms. The zero-order valence-electron chi connectivity index (χ0n) is 18.7. The minimum atomic E-state index is -0.521. The molecular weight excluding hydrogens is 408 g/mol. The number of methoxy groups -OCH3 is 1. The Labute approximate surface area is 187 Å². The summed E-state index contributed by atoms with van der Waals surface area (Å²) in [4.78, 5) is 21.3. The van der Waals surface area contributed by atoms with Gasteiger partial charge in [0.2, 0.25) is 11.7 Å². The molecule has 1 aliphatic heterocycles. The fourth-order valence-corrected chi connectivity index (χ4v) is 3.62. The SMILES string of the molecule is COc1ccc(-c2noc(CN3CCN(C(=O)C(C)Oc4ccc(C)cc4)CC3)n2)cc1. The molecule has 2 aromatic carbocycles. The van der Waals surface area contributed by atoms with Gasteiger partial charge in [-0.1, -0.05) is 22.9 Å². The number of carbonyl (C=O) groups is 1. The van der Waals surface area contributed by atoms with Gasteiger partial charge in [-0.2, -0.15) is 4.98 Å². The van der Waals surface area contributed by atoms with Crippen molar-refractivity contribution >= 4 is 5.91 Å². The van der Waals surface area contributed by atoms with Gasteiger partial charge < -0.3 is 18.9 Å². The molecule has 0 saturated carbocycles. The third-order valence-corrected chi connectivity index (χ3v) is 5.54. The number of aryl methyl sites for hydroxylation is 1. The number of amides is 1. The summed E-state index contributed by atoms with van der Waals surface area (Å²) in [5.74, 6) is 2.61. The Morgan fingerprint density at radius 3 is 2.34 bits per heavy atom. The van der Waals surface area contributed by atoms with Crippen LogP contribution >= 0.6 is 0 Å². The van der Waals surface area contributed by atoms with Crippen LogP contribution in [0.4, 0.5) is 0 Å². The highest BCUT2D eigenvalue weighted by atomic mass is 16.5. The van der Waals surface area contributed by atoms with Crippen molar-refractivity contribution in [1.29, 1.82) is 0 Å². The number of carbonyl (C=O) groups excluding carboxylic acids is 1. The van der Waals surface area contributed by atoms with E-state index in [1.165, 1.54) is 0 Å². The van der Waals surface area contributed by atoms with E-state index in [-0.39, 0.29) is 5.91 Å². The summed E-state index contributed by atoms with van der Waals surface area (Å²) in [5.41, 5.74) is 2.03. The topological polar surface area (TPSA) is 80.9 Å². The van der Waals surface area contributed by atoms with Gasteiger partial charge in [-0.05, 0) is 50.2 Å². The van der Waals surface area contributed by atoms with Crippen molar-refractivity contribution in [2.45, 2.75) is 26.5 Å². The van der Waals surface area contributed by atoms with Crippen molar-refractivity contribution < 1.29 is 18.8 Å². The van der Waals surface area contributed by atoms with Gasteiger partial charge in [-0.15, -0.1) is 0 Å². The molecule has 2 heterocycles. The van der Waals surface area contributed by atoms with Crippen LogP contribution in [0.1, 0.15) is 18.4 Å². The Balaban J connectivity index is 1.27. The summed E-state index contributed by atoms with van der Waals surface area (Å²) in [6.45, 7) is 7.13. The second kappa shape index (κ2) is 9.82. The summed E-state index contributed by atoms with van der Waals surface area (Å²) in [6, 6.07) is 15.3. The molecule has 1 unspecified atom stereocenters. The first-order valence-corrected chi connectivity index (χ1v) is 10.7. The molecule has 0 radical (unpaired) electrons. The monoisotopic (exact) mass is 436 g/mol. The molecule has 0 N–H and O–H groups in total. The quantitative estimate of drug-likeness (QED) is 0.563. The van der Waals surface area contributed by atoms with Crippen LogP contribution in [-0.2, 0) is 11.3 Å². The lowest BCUT2D eigenvalue weighted by atomic mass is 10.2. The molecule has 0 spiro atoms. The second-order valence-electron chi connectivity index (χ2n) is 7.91. The molecular formula is C24H28N4O4. The molecule has 8 nitrogen and oxygen atoms in total. The summed E-state index contributed by atoms with van der Waals surface area (Å²) in [7, 11) is 1.63. The fourth-order valence-electron chi connectivity index (χ4n) is 3.62. The zero-order valence-corrected chi connectivity index (χ0v) is 18.7. The van der Waals surface area contributed by atoms with Gasteiger partial charge >= 0.3 is 0 Å². The molecule has 1 saturated heterocycles. The van der Waals surface area contributed by atoms with Crippen molar-refractivity contribution in [1.82, 2.24) is 19.9 Å². The highest BCUT2D eigenvalue weighted by molar-refractivity contribution is 5.81. The number of piperazine rings is 1. The maximum atomic E-state index is 12.8. The first kappa shape index (κ1) is 21.8. The Bertz CT molecular complexity index is 1020. The average molecular weight is 437 g/mol. The van der Waals surface area contributed by atoms with Crippen molar-refractivity contribution in [3.05, 3.63) is 60.0 Å². The van der Waals surface area contributed by atoms with Gasteiger partial charge in [0.15, 0.2) is 6.10 Å². The normalized spacial score (nSPS) is 15.4. The third kappa shape index (κ3) is 5.26. The maximum absolute atomic E-state index is 12.8. The molecule has 1 amide bonds. The predicted molar refractivity (Wildman–Crippen MR) is 119 cm³/mol. The molecule has 1 aliphatic rings. The van der Waals surface area contributed by atoms with E-state index in [9.17, 15) is 4.79 Å². The molecule has 1 aromatic heterocycles. The summed E-state index contributed by atoms with van der Waals surface area (Å²) in [5, 5.41) is 4.08. The number of ether oxygens (including phenoxy) is 2. The zero-order chi connectivity index (χ0) is 22.5. The van der Waals surface area contributed by atoms with Gasteiger partial charge in [0.25, 0.3) is 5.91 Å². The smallest absolute Gasteiger partial charge is 0.263 e. The Morgan fingerprint density at radius 2 is 1.69 bits per heavy atom. The lowest BCUT2D eigenvalue weighted by Gasteiger charge is -2.35. The highest BCUT2D eigenvalue weighted by Crippen LogP contribution is 2.20. The minimum absolute atomic E-state index is 0.00445. The van der Waals surface area contributed by atoms with E-state index in [1.54, 1.807) is 14.0 Å². The molecule has 0 aliphatic carbocycles. The highest BCUT2D eigenvalue weighted by Gasteiger charge is 2.27. The Morgan fingerprint density at radius 1 is 1.03 bits per heavy atom. The van der Waals surface area contributed by atoms with E-state index < -0.39 is 6.10 Å². The van der Waals surface area contributed by atoms with E-state index in [0.717, 1.165) is 30.0 Å². The van der Waals surface area contributed by atoms with Crippen LogP contribution in [0, 0.1) is 6.92 Å². The maximum Gasteiger partial charge on any atom is 0.263 e. The van der Waals surface area contributed by atoms with Crippen molar-refractivity contribution in [2.24, 2.45) is 0 Å². The first-order chi connectivity index (χ1) is 15.5. The number of hydrogen-bond acceptors (Lipinski definition) is 7. The number of aromatic nitrogens is 2. The van der Waals surface area contributed by atoms with Gasteiger partial charge in [0.05, 0.1) is 13.7 Å². The Hall–Kier alpha value is -3.39. The van der Waals surface area contributed by atoms with Crippen LogP contribution in [0.25, 0.3) is 11.4 Å². The number of rotatable bonds is 7. The van der Waals surface area contributed by atoms with E-state index >= 15 is 0 Å². The molecule has 168 valence electrons. The van der Waals surface area contributed by atoms with Gasteiger partial charge in [0.1, 0.15) is 11.5 Å². The van der Waals surface area contributed by atoms with E-state index in [4.69, 9.17) is 14.0 Å². The van der Waals surface area contributed by atoms with E-state index in [0.29, 0.717) is 37.1 Å². The van der Waals surface area contributed by atoms with Crippen LogP contribution in [0.5, 0.6) is 11.5 Å². The van der Waals surface area contributed by atoms with Crippen LogP contribution in [0.15, 0.2) is 53.1 Å². The first-order valence-electron chi connectivity index (χ1n) is 10.7. The van der Waals surface area contributed by atoms with E-state index in [1.807, 2.05) is 60.4 Å². The van der Waals surface area contributed by atoms with Crippen LogP contribution in [0.3, 0.4) is 0 Å². The lowest BCUT2D eigenvalue weighted by molar-refractivity contribution is -0.139. The molecule has 8 heteroatoms. The molecule has 3 aromatic rings. The lowest BCUT2D eigenvalue weighted by Crippen LogP contribution is -2.51. The summed E-state index contributed by atoms with van der Waals surface area (Å²) < 4.78 is 16.4. The molecule has 1 atom stereocenters. The van der Waals surface area contributed by atoms with Crippen molar-refractivity contribution in [2.75, 3.05) is 33.3 Å². The van der Waals surface area contributed by atoms with Crippen molar-refractivity contribution in [3.63, 3.8) is 0 Å². The second-order valence-corrected chi connectivity index (χ2v) is 7.91. The van der Waals surface area contributed by atoms with Crippen LogP contribution in [-0.4, -0.2) is 65.2 Å². The number of hydrogen-bond donors (Lipinski definition) is 0. The molecule has 32 heavy (non-hydrogen) atoms. The third-order valence-electron chi connectivity index (χ3n) is 5.54. The van der Waals surface area contributed by atoms with Gasteiger partial charge in [-0.25, -0.2) is 0 Å². The van der Waals surface area contributed by atoms with Gasteiger partial charge in [-0.3, -0.25) is 9.69 Å². The van der Waals surface area contributed by atoms with Crippen LogP contribution in [0.2, 0.25) is 0 Å². The number of nitrogens with zero attached hydrogens (tertiary/aromatic N) is 4. The van der Waals surface area contributed by atoms with Crippen molar-refractivity contribution in [3.8, 4) is 22.9 Å². The van der Waals surface area contributed by atoms with E-state index in [2.05, 4.69) is 15.0 Å². The molecule has 4 rings (SSSR count). The largest absolute Gasteiger partial charge is 0.497 e. The molecule has 1 fully saturated rings. The van der Waals surface area contributed by atoms with Gasteiger partial charge in [0, 0.05) is 31.7 Å². The number of benzene rings is 2. The fraction of sp³-hybridized carbons (Fsp3) is 0.375.